The van der Waals surface area contributed by atoms with Gasteiger partial charge in [0.15, 0.2) is 29.0 Å². The predicted molar refractivity (Wildman–Crippen MR) is 80.9 cm³/mol. The molecule has 28 heavy (non-hydrogen) atoms. The van der Waals surface area contributed by atoms with Gasteiger partial charge in [0.2, 0.25) is 5.82 Å². The number of furan rings is 1. The minimum atomic E-state index is -2.36. The van der Waals surface area contributed by atoms with Crippen molar-refractivity contribution >= 4 is 17.3 Å². The number of aromatic nitrogens is 2. The Hall–Kier alpha value is -3.77. The fourth-order valence-electron chi connectivity index (χ4n) is 2.17. The summed E-state index contributed by atoms with van der Waals surface area (Å²) in [4.78, 5) is 21.9. The molecular weight excluding hydrogens is 395 g/mol. The van der Waals surface area contributed by atoms with E-state index in [1.54, 1.807) is 5.32 Å². The van der Waals surface area contributed by atoms with Crippen molar-refractivity contribution in [2.24, 2.45) is 0 Å². The molecule has 146 valence electrons. The number of hydrogen-bond donors (Lipinski definition) is 1. The van der Waals surface area contributed by atoms with Gasteiger partial charge in [-0.2, -0.15) is 5.10 Å². The van der Waals surface area contributed by atoms with E-state index in [-0.39, 0.29) is 18.0 Å². The fourth-order valence-corrected chi connectivity index (χ4v) is 2.17. The van der Waals surface area contributed by atoms with Crippen LogP contribution in [0.15, 0.2) is 28.9 Å². The number of carbonyl (C=O) groups excluding carboxylic acids is 1. The number of nitro groups is 1. The summed E-state index contributed by atoms with van der Waals surface area (Å²) in [5.74, 6) is -12.9. The minimum Gasteiger partial charge on any atom is -0.454 e. The summed E-state index contributed by atoms with van der Waals surface area (Å²) in [7, 11) is 0. The molecule has 0 atom stereocenters. The zero-order valence-electron chi connectivity index (χ0n) is 13.4. The normalized spacial score (nSPS) is 10.9. The SMILES string of the molecule is O=C(Nc1c(F)c(F)c(F)c(F)c1F)c1ccc(Cn2cc([N+](=O)[O-])cn2)o1. The molecule has 13 heteroatoms. The predicted octanol–water partition coefficient (Wildman–Crippen LogP) is 3.38. The first-order valence-corrected chi connectivity index (χ1v) is 7.27. The molecule has 0 radical (unpaired) electrons. The van der Waals surface area contributed by atoms with Crippen LogP contribution in [0.25, 0.3) is 0 Å². The van der Waals surface area contributed by atoms with Crippen LogP contribution in [0.4, 0.5) is 33.3 Å². The third kappa shape index (κ3) is 3.41. The van der Waals surface area contributed by atoms with Crippen LogP contribution in [0.3, 0.4) is 0 Å². The number of nitrogens with one attached hydrogen (secondary N) is 1. The summed E-state index contributed by atoms with van der Waals surface area (Å²) in [5, 5.41) is 15.9. The molecule has 0 spiro atoms. The summed E-state index contributed by atoms with van der Waals surface area (Å²) in [6.45, 7) is -0.121. The largest absolute Gasteiger partial charge is 0.454 e. The van der Waals surface area contributed by atoms with Gasteiger partial charge >= 0.3 is 5.69 Å². The molecule has 0 unspecified atom stereocenters. The van der Waals surface area contributed by atoms with Crippen LogP contribution in [0, 0.1) is 39.2 Å². The molecule has 3 rings (SSSR count). The van der Waals surface area contributed by atoms with Gasteiger partial charge in [-0.1, -0.05) is 0 Å². The summed E-state index contributed by atoms with van der Waals surface area (Å²) >= 11 is 0. The van der Waals surface area contributed by atoms with Crippen molar-refractivity contribution in [1.29, 1.82) is 0 Å². The van der Waals surface area contributed by atoms with Gasteiger partial charge in [-0.05, 0) is 12.1 Å². The Morgan fingerprint density at radius 3 is 2.29 bits per heavy atom. The highest BCUT2D eigenvalue weighted by molar-refractivity contribution is 6.02. The summed E-state index contributed by atoms with van der Waals surface area (Å²) in [6, 6.07) is 2.34. The molecule has 2 heterocycles. The van der Waals surface area contributed by atoms with Crippen LogP contribution in [0.1, 0.15) is 16.3 Å². The van der Waals surface area contributed by atoms with Crippen molar-refractivity contribution in [2.75, 3.05) is 5.32 Å². The first-order valence-electron chi connectivity index (χ1n) is 7.27. The number of benzene rings is 1. The average Bonchev–Trinajstić information content (AvgIpc) is 3.32. The Morgan fingerprint density at radius 1 is 1.11 bits per heavy atom. The van der Waals surface area contributed by atoms with E-state index in [4.69, 9.17) is 4.42 Å². The van der Waals surface area contributed by atoms with Crippen molar-refractivity contribution in [3.05, 3.63) is 75.2 Å². The summed E-state index contributed by atoms with van der Waals surface area (Å²) in [5.41, 5.74) is -1.81. The molecular formula is C15H7F5N4O4. The van der Waals surface area contributed by atoms with Gasteiger partial charge < -0.3 is 9.73 Å². The number of hydrogen-bond acceptors (Lipinski definition) is 5. The third-order valence-electron chi connectivity index (χ3n) is 3.48. The van der Waals surface area contributed by atoms with Crippen LogP contribution in [-0.4, -0.2) is 20.6 Å². The van der Waals surface area contributed by atoms with Crippen LogP contribution in [0.5, 0.6) is 0 Å². The lowest BCUT2D eigenvalue weighted by atomic mass is 10.2. The topological polar surface area (TPSA) is 103 Å². The maximum Gasteiger partial charge on any atom is 0.307 e. The number of halogens is 5. The fraction of sp³-hybridized carbons (Fsp3) is 0.0667. The van der Waals surface area contributed by atoms with Crippen molar-refractivity contribution in [3.8, 4) is 0 Å². The zero-order chi connectivity index (χ0) is 20.6. The molecule has 0 aliphatic rings. The minimum absolute atomic E-state index is 0.0839. The van der Waals surface area contributed by atoms with E-state index < -0.39 is 51.4 Å². The number of carbonyl (C=O) groups is 1. The van der Waals surface area contributed by atoms with Gasteiger partial charge in [-0.25, -0.2) is 22.0 Å². The van der Waals surface area contributed by atoms with Crippen molar-refractivity contribution in [1.82, 2.24) is 9.78 Å². The highest BCUT2D eigenvalue weighted by Gasteiger charge is 2.27. The van der Waals surface area contributed by atoms with Crippen LogP contribution in [-0.2, 0) is 6.54 Å². The monoisotopic (exact) mass is 402 g/mol. The molecule has 1 amide bonds. The number of rotatable bonds is 5. The first-order chi connectivity index (χ1) is 13.2. The molecule has 0 aliphatic heterocycles. The zero-order valence-corrected chi connectivity index (χ0v) is 13.4. The number of nitrogens with zero attached hydrogens (tertiary/aromatic N) is 3. The second-order valence-corrected chi connectivity index (χ2v) is 5.32. The molecule has 0 fully saturated rings. The Bertz CT molecular complexity index is 1070. The quantitative estimate of drug-likeness (QED) is 0.232. The average molecular weight is 402 g/mol. The van der Waals surface area contributed by atoms with E-state index in [0.29, 0.717) is 0 Å². The smallest absolute Gasteiger partial charge is 0.307 e. The highest BCUT2D eigenvalue weighted by atomic mass is 19.2. The number of amides is 1. The molecule has 0 bridgehead atoms. The first kappa shape index (κ1) is 19.0. The maximum atomic E-state index is 13.6. The Labute approximate surface area is 151 Å². The van der Waals surface area contributed by atoms with Crippen LogP contribution in [0.2, 0.25) is 0 Å². The third-order valence-corrected chi connectivity index (χ3v) is 3.48. The lowest BCUT2D eigenvalue weighted by molar-refractivity contribution is -0.385. The van der Waals surface area contributed by atoms with Gasteiger partial charge in [0.25, 0.3) is 5.91 Å². The van der Waals surface area contributed by atoms with E-state index >= 15 is 0 Å². The van der Waals surface area contributed by atoms with E-state index in [9.17, 15) is 36.9 Å². The van der Waals surface area contributed by atoms with Crippen LogP contribution < -0.4 is 5.32 Å². The van der Waals surface area contributed by atoms with Crippen LogP contribution >= 0.6 is 0 Å². The summed E-state index contributed by atoms with van der Waals surface area (Å²) in [6.07, 6.45) is 2.08. The molecule has 1 N–H and O–H groups in total. The Kier molecular flexibility index (Phi) is 4.81. The molecule has 1 aromatic carbocycles. The lowest BCUT2D eigenvalue weighted by Gasteiger charge is -2.08. The lowest BCUT2D eigenvalue weighted by Crippen LogP contribution is -2.16. The van der Waals surface area contributed by atoms with Gasteiger partial charge in [-0.15, -0.1) is 0 Å². The van der Waals surface area contributed by atoms with Gasteiger partial charge in [0, 0.05) is 0 Å². The Balaban J connectivity index is 1.79. The number of anilines is 1. The Morgan fingerprint density at radius 2 is 1.71 bits per heavy atom. The van der Waals surface area contributed by atoms with Gasteiger partial charge in [0.05, 0.1) is 11.5 Å². The van der Waals surface area contributed by atoms with Crippen molar-refractivity contribution in [2.45, 2.75) is 6.54 Å². The molecule has 2 aromatic heterocycles. The maximum absolute atomic E-state index is 13.6. The van der Waals surface area contributed by atoms with E-state index in [0.717, 1.165) is 23.1 Å². The molecule has 8 nitrogen and oxygen atoms in total. The van der Waals surface area contributed by atoms with E-state index in [2.05, 4.69) is 5.10 Å². The molecule has 3 aromatic rings. The molecule has 0 aliphatic carbocycles. The second kappa shape index (κ2) is 7.09. The van der Waals surface area contributed by atoms with E-state index in [1.807, 2.05) is 0 Å². The summed E-state index contributed by atoms with van der Waals surface area (Å²) < 4.78 is 72.8. The van der Waals surface area contributed by atoms with Gasteiger partial charge in [-0.3, -0.25) is 19.6 Å². The molecule has 0 saturated carbocycles. The van der Waals surface area contributed by atoms with E-state index in [1.165, 1.54) is 6.07 Å². The second-order valence-electron chi connectivity index (χ2n) is 5.32. The highest BCUT2D eigenvalue weighted by Crippen LogP contribution is 2.27. The van der Waals surface area contributed by atoms with Gasteiger partial charge in [0.1, 0.15) is 23.8 Å². The van der Waals surface area contributed by atoms with Crippen molar-refractivity contribution < 1.29 is 36.1 Å². The van der Waals surface area contributed by atoms with Crippen molar-refractivity contribution in [3.63, 3.8) is 0 Å². The molecule has 0 saturated heterocycles. The standard InChI is InChI=1S/C15H7F5N4O4/c16-9-10(17)12(19)14(13(20)11(9)18)22-15(25)8-2-1-7(28-8)5-23-4-6(3-21-23)24(26)27/h1-4H,5H2,(H,22,25).